The molecule has 0 unspecified atom stereocenters. The zero-order valence-corrected chi connectivity index (χ0v) is 39.4. The molecule has 0 spiro atoms. The average molecular weight is 877 g/mol. The number of aryl methyl sites for hydroxylation is 6. The molecule has 0 saturated carbocycles. The van der Waals surface area contributed by atoms with E-state index in [1.54, 1.807) is 0 Å². The van der Waals surface area contributed by atoms with Gasteiger partial charge in [0, 0.05) is 27.8 Å². The summed E-state index contributed by atoms with van der Waals surface area (Å²) in [4.78, 5) is 18.7. The van der Waals surface area contributed by atoms with Gasteiger partial charge in [0.15, 0.2) is 11.6 Å². The van der Waals surface area contributed by atoms with Crippen LogP contribution in [0.5, 0.6) is 0 Å². The van der Waals surface area contributed by atoms with Gasteiger partial charge in [0.1, 0.15) is 0 Å². The van der Waals surface area contributed by atoms with Crippen LogP contribution in [0, 0.1) is 41.5 Å². The van der Waals surface area contributed by atoms with Gasteiger partial charge in [0.25, 0.3) is 0 Å². The summed E-state index contributed by atoms with van der Waals surface area (Å²) in [6, 6.07) is 71.9. The largest absolute Gasteiger partial charge is 0.278 e. The highest BCUT2D eigenvalue weighted by Crippen LogP contribution is 2.47. The molecule has 4 heteroatoms. The van der Waals surface area contributed by atoms with Gasteiger partial charge >= 0.3 is 0 Å². The van der Waals surface area contributed by atoms with Crippen LogP contribution in [0.2, 0.25) is 0 Å². The number of hydrogen-bond donors (Lipinski definition) is 0. The first-order valence-electron chi connectivity index (χ1n) is 23.6. The zero-order valence-electron chi connectivity index (χ0n) is 39.4. The summed E-state index contributed by atoms with van der Waals surface area (Å²) in [7, 11) is 0. The summed E-state index contributed by atoms with van der Waals surface area (Å²) in [6.07, 6.45) is 0. The van der Waals surface area contributed by atoms with E-state index in [0.29, 0.717) is 17.6 Å². The Morgan fingerprint density at radius 2 is 0.824 bits per heavy atom. The molecule has 0 aliphatic rings. The third kappa shape index (κ3) is 7.68. The van der Waals surface area contributed by atoms with Crippen LogP contribution in [0.25, 0.3) is 66.2 Å². The maximum Gasteiger partial charge on any atom is 0.238 e. The van der Waals surface area contributed by atoms with Crippen LogP contribution in [0.15, 0.2) is 200 Å². The molecule has 11 aromatic rings. The van der Waals surface area contributed by atoms with E-state index in [2.05, 4.69) is 228 Å². The molecule has 1 heterocycles. The normalized spacial score (nSPS) is 11.5. The van der Waals surface area contributed by atoms with Gasteiger partial charge in [-0.15, -0.1) is 0 Å². The molecule has 0 saturated heterocycles. The summed E-state index contributed by atoms with van der Waals surface area (Å²) < 4.78 is 0. The summed E-state index contributed by atoms with van der Waals surface area (Å²) >= 11 is 0. The van der Waals surface area contributed by atoms with Crippen molar-refractivity contribution in [1.82, 2.24) is 15.0 Å². The molecule has 68 heavy (non-hydrogen) atoms. The van der Waals surface area contributed by atoms with Gasteiger partial charge < -0.3 is 0 Å². The molecular formula is C64H52N4. The highest BCUT2D eigenvalue weighted by molar-refractivity contribution is 6.05. The molecule has 0 aliphatic carbocycles. The molecule has 0 fully saturated rings. The Kier molecular flexibility index (Phi) is 10.9. The lowest BCUT2D eigenvalue weighted by molar-refractivity contribution is 0.927. The first-order chi connectivity index (χ1) is 33.2. The SMILES string of the molecule is Cc1cc(C)c(C(c2c(C)cc(C)cc2C)c2ccc(N(c3nc(-c4ccccc4)nc(-c4cc5ccccc5cc4-c4ccccc4)n3)c3cccc4ccccc34)c3ccccc23)c(C)c1. The molecule has 0 amide bonds. The third-order valence-corrected chi connectivity index (χ3v) is 13.6. The predicted molar refractivity (Wildman–Crippen MR) is 286 cm³/mol. The Labute approximate surface area is 399 Å². The zero-order chi connectivity index (χ0) is 46.5. The van der Waals surface area contributed by atoms with Gasteiger partial charge in [0.2, 0.25) is 5.95 Å². The number of rotatable bonds is 9. The van der Waals surface area contributed by atoms with Crippen molar-refractivity contribution in [3.05, 3.63) is 250 Å². The molecule has 328 valence electrons. The van der Waals surface area contributed by atoms with Crippen molar-refractivity contribution < 1.29 is 0 Å². The second-order valence-electron chi connectivity index (χ2n) is 18.4. The van der Waals surface area contributed by atoms with Crippen LogP contribution in [0.4, 0.5) is 17.3 Å². The summed E-state index contributed by atoms with van der Waals surface area (Å²) in [5.41, 5.74) is 17.7. The van der Waals surface area contributed by atoms with Crippen LogP contribution in [-0.2, 0) is 0 Å². The van der Waals surface area contributed by atoms with Crippen molar-refractivity contribution in [2.75, 3.05) is 4.90 Å². The topological polar surface area (TPSA) is 41.9 Å². The van der Waals surface area contributed by atoms with Crippen LogP contribution in [-0.4, -0.2) is 15.0 Å². The number of fused-ring (bicyclic) bond motifs is 3. The van der Waals surface area contributed by atoms with Crippen molar-refractivity contribution in [1.29, 1.82) is 0 Å². The fourth-order valence-electron chi connectivity index (χ4n) is 10.8. The van der Waals surface area contributed by atoms with E-state index in [4.69, 9.17) is 15.0 Å². The molecular weight excluding hydrogens is 825 g/mol. The van der Waals surface area contributed by atoms with Gasteiger partial charge in [-0.1, -0.05) is 187 Å². The molecule has 0 N–H and O–H groups in total. The summed E-state index contributed by atoms with van der Waals surface area (Å²) in [5, 5.41) is 6.78. The maximum atomic E-state index is 5.61. The molecule has 4 nitrogen and oxygen atoms in total. The minimum absolute atomic E-state index is 0.0149. The van der Waals surface area contributed by atoms with E-state index in [1.165, 1.54) is 55.5 Å². The third-order valence-electron chi connectivity index (χ3n) is 13.6. The van der Waals surface area contributed by atoms with Crippen LogP contribution in [0.3, 0.4) is 0 Å². The van der Waals surface area contributed by atoms with E-state index in [0.717, 1.165) is 60.6 Å². The van der Waals surface area contributed by atoms with E-state index < -0.39 is 0 Å². The Bertz CT molecular complexity index is 3600. The fourth-order valence-corrected chi connectivity index (χ4v) is 10.8. The average Bonchev–Trinajstić information content (AvgIpc) is 3.35. The first-order valence-corrected chi connectivity index (χ1v) is 23.6. The Hall–Kier alpha value is -8.21. The van der Waals surface area contributed by atoms with E-state index in [9.17, 15) is 0 Å². The lowest BCUT2D eigenvalue weighted by Crippen LogP contribution is -2.17. The standard InChI is InChI=1S/C64H52N4/c1-40-34-42(3)59(43(4)35-40)61(60-44(5)36-41(2)37-45(60)6)54-32-33-58(53-30-18-17-29-52(53)54)68(57-31-19-27-46-22-15-16-28-51(46)57)64-66-62(48-23-11-8-12-24-48)65-63(67-64)56-39-50-26-14-13-25-49(50)38-55(56)47-20-9-7-10-21-47/h7-39,61H,1-6H3. The summed E-state index contributed by atoms with van der Waals surface area (Å²) in [5.74, 6) is 1.71. The van der Waals surface area contributed by atoms with E-state index in [1.807, 2.05) is 18.2 Å². The highest BCUT2D eigenvalue weighted by atomic mass is 15.3. The van der Waals surface area contributed by atoms with Gasteiger partial charge in [0.05, 0.1) is 11.4 Å². The van der Waals surface area contributed by atoms with Crippen molar-refractivity contribution in [2.45, 2.75) is 47.5 Å². The van der Waals surface area contributed by atoms with Gasteiger partial charge in [-0.05, 0) is 137 Å². The smallest absolute Gasteiger partial charge is 0.238 e. The second kappa shape index (κ2) is 17.5. The Morgan fingerprint density at radius 1 is 0.353 bits per heavy atom. The van der Waals surface area contributed by atoms with E-state index >= 15 is 0 Å². The Balaban J connectivity index is 1.22. The molecule has 0 atom stereocenters. The molecule has 1 aromatic heterocycles. The monoisotopic (exact) mass is 876 g/mol. The number of anilines is 3. The first kappa shape index (κ1) is 42.4. The number of hydrogen-bond acceptors (Lipinski definition) is 4. The van der Waals surface area contributed by atoms with Crippen molar-refractivity contribution in [3.8, 4) is 33.9 Å². The minimum atomic E-state index is -0.0149. The number of benzene rings is 10. The lowest BCUT2D eigenvalue weighted by Gasteiger charge is -2.30. The second-order valence-corrected chi connectivity index (χ2v) is 18.4. The fraction of sp³-hybridized carbons (Fsp3) is 0.109. The van der Waals surface area contributed by atoms with Gasteiger partial charge in [-0.3, -0.25) is 4.90 Å². The molecule has 11 rings (SSSR count). The Morgan fingerprint density at radius 3 is 1.44 bits per heavy atom. The number of nitrogens with zero attached hydrogens (tertiary/aromatic N) is 4. The lowest BCUT2D eigenvalue weighted by atomic mass is 9.75. The minimum Gasteiger partial charge on any atom is -0.278 e. The van der Waals surface area contributed by atoms with Gasteiger partial charge in [-0.25, -0.2) is 4.98 Å². The predicted octanol–water partition coefficient (Wildman–Crippen LogP) is 16.8. The highest BCUT2D eigenvalue weighted by Gasteiger charge is 2.29. The van der Waals surface area contributed by atoms with Crippen LogP contribution >= 0.6 is 0 Å². The van der Waals surface area contributed by atoms with Crippen molar-refractivity contribution in [2.24, 2.45) is 0 Å². The quantitative estimate of drug-likeness (QED) is 0.136. The van der Waals surface area contributed by atoms with E-state index in [-0.39, 0.29) is 5.92 Å². The summed E-state index contributed by atoms with van der Waals surface area (Å²) in [6.45, 7) is 13.5. The van der Waals surface area contributed by atoms with Gasteiger partial charge in [-0.2, -0.15) is 9.97 Å². The van der Waals surface area contributed by atoms with Crippen molar-refractivity contribution in [3.63, 3.8) is 0 Å². The molecule has 10 aromatic carbocycles. The molecule has 0 radical (unpaired) electrons. The van der Waals surface area contributed by atoms with Crippen LogP contribution in [0.1, 0.15) is 56.0 Å². The van der Waals surface area contributed by atoms with Crippen LogP contribution < -0.4 is 4.90 Å². The molecule has 0 aliphatic heterocycles. The number of aromatic nitrogens is 3. The molecule has 0 bridgehead atoms. The maximum absolute atomic E-state index is 5.61. The van der Waals surface area contributed by atoms with Crippen molar-refractivity contribution >= 4 is 49.6 Å².